The lowest BCUT2D eigenvalue weighted by atomic mass is 10.1. The van der Waals surface area contributed by atoms with E-state index in [1.807, 2.05) is 12.3 Å². The molecule has 0 spiro atoms. The molecule has 8 nitrogen and oxygen atoms in total. The Hall–Kier alpha value is -3.36. The molecule has 0 atom stereocenters. The second-order valence-corrected chi connectivity index (χ2v) is 6.76. The standard InChI is InChI=1S/C20H22FN5O3/c1-5-6-14-7-8-18(28)26(10-14)11-17-19(23-24-25(17)4)16-9-15(21)20(12(2)22-16)29-13(3)27/h7-10H,5-6,11H2,1-4H3. The minimum absolute atomic E-state index is 0.155. The van der Waals surface area contributed by atoms with Crippen molar-refractivity contribution in [2.24, 2.45) is 7.05 Å². The van der Waals surface area contributed by atoms with Crippen LogP contribution in [0.2, 0.25) is 0 Å². The van der Waals surface area contributed by atoms with Gasteiger partial charge in [0.2, 0.25) is 0 Å². The van der Waals surface area contributed by atoms with Gasteiger partial charge in [0.15, 0.2) is 11.6 Å². The van der Waals surface area contributed by atoms with Crippen molar-refractivity contribution in [1.29, 1.82) is 0 Å². The number of rotatable bonds is 6. The monoisotopic (exact) mass is 399 g/mol. The molecule has 9 heteroatoms. The average Bonchev–Trinajstić information content (AvgIpc) is 3.01. The van der Waals surface area contributed by atoms with E-state index in [0.29, 0.717) is 11.4 Å². The summed E-state index contributed by atoms with van der Waals surface area (Å²) in [4.78, 5) is 27.8. The van der Waals surface area contributed by atoms with E-state index in [2.05, 4.69) is 22.2 Å². The van der Waals surface area contributed by atoms with Crippen LogP contribution in [0.25, 0.3) is 11.4 Å². The zero-order valence-electron chi connectivity index (χ0n) is 16.8. The molecule has 0 radical (unpaired) electrons. The van der Waals surface area contributed by atoms with Crippen LogP contribution in [0.3, 0.4) is 0 Å². The van der Waals surface area contributed by atoms with E-state index in [4.69, 9.17) is 4.74 Å². The molecule has 0 amide bonds. The van der Waals surface area contributed by atoms with Gasteiger partial charge in [-0.05, 0) is 18.9 Å². The predicted octanol–water partition coefficient (Wildman–Crippen LogP) is 2.41. The third kappa shape index (κ3) is 4.39. The normalized spacial score (nSPS) is 10.9. The molecule has 0 aromatic carbocycles. The van der Waals surface area contributed by atoms with Crippen LogP contribution in [0.5, 0.6) is 5.75 Å². The maximum absolute atomic E-state index is 14.5. The van der Waals surface area contributed by atoms with Gasteiger partial charge in [-0.25, -0.2) is 14.1 Å². The molecular weight excluding hydrogens is 377 g/mol. The molecule has 0 aliphatic heterocycles. The maximum atomic E-state index is 14.5. The molecule has 0 aliphatic rings. The number of aromatic nitrogens is 5. The van der Waals surface area contributed by atoms with E-state index in [9.17, 15) is 14.0 Å². The smallest absolute Gasteiger partial charge is 0.308 e. The van der Waals surface area contributed by atoms with E-state index < -0.39 is 11.8 Å². The molecule has 3 rings (SSSR count). The van der Waals surface area contributed by atoms with Crippen LogP contribution in [-0.4, -0.2) is 30.5 Å². The highest BCUT2D eigenvalue weighted by atomic mass is 19.1. The van der Waals surface area contributed by atoms with Crippen molar-refractivity contribution in [3.8, 4) is 17.1 Å². The van der Waals surface area contributed by atoms with Crippen molar-refractivity contribution >= 4 is 5.97 Å². The number of carbonyl (C=O) groups excluding carboxylic acids is 1. The van der Waals surface area contributed by atoms with Gasteiger partial charge >= 0.3 is 5.97 Å². The molecule has 29 heavy (non-hydrogen) atoms. The number of nitrogens with zero attached hydrogens (tertiary/aromatic N) is 5. The number of halogens is 1. The molecule has 3 heterocycles. The Kier molecular flexibility index (Phi) is 5.86. The number of pyridine rings is 2. The van der Waals surface area contributed by atoms with Crippen molar-refractivity contribution in [3.63, 3.8) is 0 Å². The van der Waals surface area contributed by atoms with Crippen LogP contribution in [0, 0.1) is 12.7 Å². The molecule has 0 aliphatic carbocycles. The van der Waals surface area contributed by atoms with Crippen molar-refractivity contribution in [2.45, 2.75) is 40.2 Å². The highest BCUT2D eigenvalue weighted by Gasteiger charge is 2.20. The summed E-state index contributed by atoms with van der Waals surface area (Å²) in [5, 5.41) is 8.12. The Morgan fingerprint density at radius 3 is 2.72 bits per heavy atom. The SMILES string of the molecule is CCCc1ccc(=O)n(Cc2c(-c3cc(F)c(OC(C)=O)c(C)n3)nnn2C)c1. The van der Waals surface area contributed by atoms with Crippen LogP contribution in [0.4, 0.5) is 4.39 Å². The summed E-state index contributed by atoms with van der Waals surface area (Å²) in [6.45, 7) is 5.02. The van der Waals surface area contributed by atoms with Gasteiger partial charge in [-0.2, -0.15) is 0 Å². The van der Waals surface area contributed by atoms with Crippen LogP contribution in [0.1, 0.15) is 37.2 Å². The maximum Gasteiger partial charge on any atom is 0.308 e. The van der Waals surface area contributed by atoms with E-state index in [0.717, 1.165) is 24.5 Å². The highest BCUT2D eigenvalue weighted by molar-refractivity contribution is 5.70. The Morgan fingerprint density at radius 1 is 1.31 bits per heavy atom. The summed E-state index contributed by atoms with van der Waals surface area (Å²) in [5.41, 5.74) is 2.32. The number of carbonyl (C=O) groups is 1. The van der Waals surface area contributed by atoms with E-state index >= 15 is 0 Å². The Morgan fingerprint density at radius 2 is 2.07 bits per heavy atom. The van der Waals surface area contributed by atoms with Crippen LogP contribution >= 0.6 is 0 Å². The predicted molar refractivity (Wildman–Crippen MR) is 104 cm³/mol. The van der Waals surface area contributed by atoms with Gasteiger partial charge in [-0.3, -0.25) is 9.59 Å². The molecule has 0 saturated heterocycles. The molecule has 0 bridgehead atoms. The molecule has 0 saturated carbocycles. The Bertz CT molecular complexity index is 1100. The van der Waals surface area contributed by atoms with Crippen molar-refractivity contribution in [3.05, 3.63) is 57.5 Å². The quantitative estimate of drug-likeness (QED) is 0.591. The number of ether oxygens (including phenoxy) is 1. The van der Waals surface area contributed by atoms with Gasteiger partial charge in [-0.15, -0.1) is 5.10 Å². The first-order chi connectivity index (χ1) is 13.8. The Labute approximate surface area is 167 Å². The second-order valence-electron chi connectivity index (χ2n) is 6.76. The topological polar surface area (TPSA) is 91.9 Å². The number of esters is 1. The van der Waals surface area contributed by atoms with Crippen LogP contribution < -0.4 is 10.3 Å². The van der Waals surface area contributed by atoms with Gasteiger partial charge in [0.25, 0.3) is 5.56 Å². The fourth-order valence-electron chi connectivity index (χ4n) is 3.07. The van der Waals surface area contributed by atoms with Crippen molar-refractivity contribution in [1.82, 2.24) is 24.5 Å². The summed E-state index contributed by atoms with van der Waals surface area (Å²) in [6, 6.07) is 4.50. The van der Waals surface area contributed by atoms with E-state index in [-0.39, 0.29) is 29.2 Å². The molecular formula is C20H22FN5O3. The molecule has 152 valence electrons. The average molecular weight is 399 g/mol. The van der Waals surface area contributed by atoms with Crippen LogP contribution in [0.15, 0.2) is 29.2 Å². The first-order valence-corrected chi connectivity index (χ1v) is 9.24. The Balaban J connectivity index is 2.02. The van der Waals surface area contributed by atoms with Crippen LogP contribution in [-0.2, 0) is 24.8 Å². The van der Waals surface area contributed by atoms with Gasteiger partial charge in [0.05, 0.1) is 23.6 Å². The largest absolute Gasteiger partial charge is 0.422 e. The third-order valence-electron chi connectivity index (χ3n) is 4.43. The zero-order valence-corrected chi connectivity index (χ0v) is 16.8. The number of hydrogen-bond acceptors (Lipinski definition) is 6. The molecule has 3 aromatic heterocycles. The lowest BCUT2D eigenvalue weighted by Crippen LogP contribution is -2.21. The summed E-state index contributed by atoms with van der Waals surface area (Å²) >= 11 is 0. The lowest BCUT2D eigenvalue weighted by molar-refractivity contribution is -0.132. The molecule has 0 N–H and O–H groups in total. The third-order valence-corrected chi connectivity index (χ3v) is 4.43. The van der Waals surface area contributed by atoms with Crippen molar-refractivity contribution in [2.75, 3.05) is 0 Å². The molecule has 3 aromatic rings. The van der Waals surface area contributed by atoms with Gasteiger partial charge in [0, 0.05) is 32.3 Å². The fourth-order valence-corrected chi connectivity index (χ4v) is 3.07. The highest BCUT2D eigenvalue weighted by Crippen LogP contribution is 2.27. The van der Waals surface area contributed by atoms with Gasteiger partial charge in [0.1, 0.15) is 5.69 Å². The molecule has 0 unspecified atom stereocenters. The zero-order chi connectivity index (χ0) is 21.1. The summed E-state index contributed by atoms with van der Waals surface area (Å²) in [5.74, 6) is -1.57. The minimum atomic E-state index is -0.721. The molecule has 0 fully saturated rings. The number of hydrogen-bond donors (Lipinski definition) is 0. The van der Waals surface area contributed by atoms with E-state index in [1.54, 1.807) is 18.5 Å². The minimum Gasteiger partial charge on any atom is -0.422 e. The summed E-state index contributed by atoms with van der Waals surface area (Å²) < 4.78 is 22.5. The summed E-state index contributed by atoms with van der Waals surface area (Å²) in [7, 11) is 1.70. The lowest BCUT2D eigenvalue weighted by Gasteiger charge is -2.11. The first kappa shape index (κ1) is 20.4. The van der Waals surface area contributed by atoms with Gasteiger partial charge < -0.3 is 9.30 Å². The van der Waals surface area contributed by atoms with Gasteiger partial charge in [-0.1, -0.05) is 24.6 Å². The fraction of sp³-hybridized carbons (Fsp3) is 0.350. The number of aryl methyl sites for hydroxylation is 3. The van der Waals surface area contributed by atoms with Crippen molar-refractivity contribution < 1.29 is 13.9 Å². The summed E-state index contributed by atoms with van der Waals surface area (Å²) in [6.07, 6.45) is 3.64. The second kappa shape index (κ2) is 8.34. The van der Waals surface area contributed by atoms with E-state index in [1.165, 1.54) is 17.7 Å². The first-order valence-electron chi connectivity index (χ1n) is 9.24.